The van der Waals surface area contributed by atoms with E-state index < -0.39 is 0 Å². The molecule has 0 spiro atoms. The zero-order chi connectivity index (χ0) is 17.8. The molecule has 0 atom stereocenters. The SMILES string of the molecule is O=C(Nc1ccccc1N1CCOCC1)c1ncoc1-c1ccccc1. The van der Waals surface area contributed by atoms with E-state index in [4.69, 9.17) is 9.15 Å². The van der Waals surface area contributed by atoms with Crippen molar-refractivity contribution in [1.29, 1.82) is 0 Å². The number of rotatable bonds is 4. The first-order chi connectivity index (χ1) is 12.8. The molecule has 0 unspecified atom stereocenters. The molecule has 1 aliphatic heterocycles. The van der Waals surface area contributed by atoms with Gasteiger partial charge in [0.15, 0.2) is 17.8 Å². The largest absolute Gasteiger partial charge is 0.443 e. The van der Waals surface area contributed by atoms with Gasteiger partial charge in [-0.1, -0.05) is 42.5 Å². The van der Waals surface area contributed by atoms with E-state index in [9.17, 15) is 4.79 Å². The average molecular weight is 349 g/mol. The van der Waals surface area contributed by atoms with Crippen molar-refractivity contribution in [2.24, 2.45) is 0 Å². The number of anilines is 2. The average Bonchev–Trinajstić information content (AvgIpc) is 3.20. The van der Waals surface area contributed by atoms with Gasteiger partial charge in [-0.25, -0.2) is 4.98 Å². The van der Waals surface area contributed by atoms with Gasteiger partial charge in [0.2, 0.25) is 0 Å². The van der Waals surface area contributed by atoms with Crippen LogP contribution in [-0.4, -0.2) is 37.2 Å². The number of carbonyl (C=O) groups excluding carboxylic acids is 1. The van der Waals surface area contributed by atoms with Crippen LogP contribution < -0.4 is 10.2 Å². The molecule has 1 fully saturated rings. The second-order valence-electron chi connectivity index (χ2n) is 5.97. The zero-order valence-corrected chi connectivity index (χ0v) is 14.2. The normalized spacial score (nSPS) is 14.2. The van der Waals surface area contributed by atoms with Crippen molar-refractivity contribution in [3.05, 3.63) is 66.7 Å². The van der Waals surface area contributed by atoms with Crippen molar-refractivity contribution in [2.75, 3.05) is 36.5 Å². The van der Waals surface area contributed by atoms with E-state index >= 15 is 0 Å². The van der Waals surface area contributed by atoms with Crippen molar-refractivity contribution in [3.8, 4) is 11.3 Å². The molecular formula is C20H19N3O3. The maximum absolute atomic E-state index is 12.8. The highest BCUT2D eigenvalue weighted by atomic mass is 16.5. The molecule has 1 aromatic heterocycles. The molecule has 1 aliphatic rings. The van der Waals surface area contributed by atoms with Crippen molar-refractivity contribution in [1.82, 2.24) is 4.98 Å². The molecule has 2 aromatic carbocycles. The Bertz CT molecular complexity index is 886. The van der Waals surface area contributed by atoms with Gasteiger partial charge in [0.25, 0.3) is 5.91 Å². The second kappa shape index (κ2) is 7.41. The number of ether oxygens (including phenoxy) is 1. The molecule has 4 rings (SSSR count). The van der Waals surface area contributed by atoms with Crippen LogP contribution in [0.25, 0.3) is 11.3 Å². The lowest BCUT2D eigenvalue weighted by Gasteiger charge is -2.30. The summed E-state index contributed by atoms with van der Waals surface area (Å²) in [6.07, 6.45) is 1.30. The van der Waals surface area contributed by atoms with E-state index in [1.54, 1.807) is 0 Å². The summed E-state index contributed by atoms with van der Waals surface area (Å²) in [7, 11) is 0. The fourth-order valence-corrected chi connectivity index (χ4v) is 3.04. The van der Waals surface area contributed by atoms with Crippen LogP contribution in [0.1, 0.15) is 10.5 Å². The minimum Gasteiger partial charge on any atom is -0.443 e. The molecular weight excluding hydrogens is 330 g/mol. The molecule has 3 aromatic rings. The van der Waals surface area contributed by atoms with Crippen LogP contribution in [-0.2, 0) is 4.74 Å². The highest BCUT2D eigenvalue weighted by Crippen LogP contribution is 2.28. The van der Waals surface area contributed by atoms with E-state index in [1.807, 2.05) is 54.6 Å². The minimum absolute atomic E-state index is 0.271. The van der Waals surface area contributed by atoms with Crippen molar-refractivity contribution in [3.63, 3.8) is 0 Å². The quantitative estimate of drug-likeness (QED) is 0.782. The number of carbonyl (C=O) groups is 1. The number of nitrogens with one attached hydrogen (secondary N) is 1. The van der Waals surface area contributed by atoms with Crippen LogP contribution in [0.15, 0.2) is 65.4 Å². The summed E-state index contributed by atoms with van der Waals surface area (Å²) in [6, 6.07) is 17.2. The molecule has 1 N–H and O–H groups in total. The minimum atomic E-state index is -0.293. The standard InChI is InChI=1S/C20H19N3O3/c24-20(18-19(26-14-21-18)15-6-2-1-3-7-15)22-16-8-4-5-9-17(16)23-10-12-25-13-11-23/h1-9,14H,10-13H2,(H,22,24). The number of benzene rings is 2. The van der Waals surface area contributed by atoms with Gasteiger partial charge in [-0.05, 0) is 12.1 Å². The Labute approximate surface area is 151 Å². The van der Waals surface area contributed by atoms with Gasteiger partial charge in [-0.15, -0.1) is 0 Å². The Kier molecular flexibility index (Phi) is 4.66. The predicted octanol–water partition coefficient (Wildman–Crippen LogP) is 3.43. The Morgan fingerprint density at radius 2 is 1.73 bits per heavy atom. The lowest BCUT2D eigenvalue weighted by atomic mass is 10.1. The molecule has 0 radical (unpaired) electrons. The monoisotopic (exact) mass is 349 g/mol. The van der Waals surface area contributed by atoms with E-state index in [-0.39, 0.29) is 11.6 Å². The fraction of sp³-hybridized carbons (Fsp3) is 0.200. The third-order valence-corrected chi connectivity index (χ3v) is 4.32. The van der Waals surface area contributed by atoms with Gasteiger partial charge in [-0.3, -0.25) is 4.79 Å². The van der Waals surface area contributed by atoms with Gasteiger partial charge >= 0.3 is 0 Å². The summed E-state index contributed by atoms with van der Waals surface area (Å²) in [5, 5.41) is 2.98. The molecule has 6 nitrogen and oxygen atoms in total. The van der Waals surface area contributed by atoms with Gasteiger partial charge in [0, 0.05) is 18.7 Å². The number of nitrogens with zero attached hydrogens (tertiary/aromatic N) is 2. The summed E-state index contributed by atoms with van der Waals surface area (Å²) >= 11 is 0. The van der Waals surface area contributed by atoms with Crippen molar-refractivity contribution >= 4 is 17.3 Å². The van der Waals surface area contributed by atoms with Crippen LogP contribution >= 0.6 is 0 Å². The molecule has 6 heteroatoms. The van der Waals surface area contributed by atoms with Crippen LogP contribution in [0.2, 0.25) is 0 Å². The smallest absolute Gasteiger partial charge is 0.278 e. The second-order valence-corrected chi connectivity index (χ2v) is 5.97. The predicted molar refractivity (Wildman–Crippen MR) is 99.4 cm³/mol. The summed E-state index contributed by atoms with van der Waals surface area (Å²) in [5.74, 6) is 0.172. The molecule has 1 saturated heterocycles. The summed E-state index contributed by atoms with van der Waals surface area (Å²) < 4.78 is 10.9. The maximum atomic E-state index is 12.8. The number of para-hydroxylation sites is 2. The van der Waals surface area contributed by atoms with Gasteiger partial charge < -0.3 is 19.4 Å². The number of amides is 1. The number of hydrogen-bond acceptors (Lipinski definition) is 5. The van der Waals surface area contributed by atoms with E-state index in [1.165, 1.54) is 6.39 Å². The molecule has 2 heterocycles. The first-order valence-electron chi connectivity index (χ1n) is 8.55. The van der Waals surface area contributed by atoms with Gasteiger partial charge in [-0.2, -0.15) is 0 Å². The highest BCUT2D eigenvalue weighted by molar-refractivity contribution is 6.07. The van der Waals surface area contributed by atoms with Crippen molar-refractivity contribution in [2.45, 2.75) is 0 Å². The van der Waals surface area contributed by atoms with Crippen LogP contribution in [0.4, 0.5) is 11.4 Å². The zero-order valence-electron chi connectivity index (χ0n) is 14.2. The highest BCUT2D eigenvalue weighted by Gasteiger charge is 2.21. The fourth-order valence-electron chi connectivity index (χ4n) is 3.04. The van der Waals surface area contributed by atoms with E-state index in [2.05, 4.69) is 15.2 Å². The first kappa shape index (κ1) is 16.4. The third kappa shape index (κ3) is 3.32. The van der Waals surface area contributed by atoms with Gasteiger partial charge in [0.05, 0.1) is 24.6 Å². The molecule has 132 valence electrons. The van der Waals surface area contributed by atoms with Gasteiger partial charge in [0.1, 0.15) is 0 Å². The number of hydrogen-bond donors (Lipinski definition) is 1. The summed E-state index contributed by atoms with van der Waals surface area (Å²) in [5.41, 5.74) is 2.82. The molecule has 1 amide bonds. The topological polar surface area (TPSA) is 67.6 Å². The maximum Gasteiger partial charge on any atom is 0.278 e. The molecule has 26 heavy (non-hydrogen) atoms. The number of oxazole rings is 1. The summed E-state index contributed by atoms with van der Waals surface area (Å²) in [6.45, 7) is 2.96. The lowest BCUT2D eigenvalue weighted by molar-refractivity contribution is 0.102. The van der Waals surface area contributed by atoms with Crippen LogP contribution in [0.3, 0.4) is 0 Å². The third-order valence-electron chi connectivity index (χ3n) is 4.32. The van der Waals surface area contributed by atoms with Crippen LogP contribution in [0, 0.1) is 0 Å². The Balaban J connectivity index is 1.59. The molecule has 0 aliphatic carbocycles. The summed E-state index contributed by atoms with van der Waals surface area (Å²) in [4.78, 5) is 19.2. The molecule has 0 bridgehead atoms. The van der Waals surface area contributed by atoms with Crippen LogP contribution in [0.5, 0.6) is 0 Å². The Morgan fingerprint density at radius 3 is 2.54 bits per heavy atom. The van der Waals surface area contributed by atoms with E-state index in [0.29, 0.717) is 19.0 Å². The van der Waals surface area contributed by atoms with Crippen molar-refractivity contribution < 1.29 is 13.9 Å². The lowest BCUT2D eigenvalue weighted by Crippen LogP contribution is -2.36. The molecule has 0 saturated carbocycles. The first-order valence-corrected chi connectivity index (χ1v) is 8.55. The van der Waals surface area contributed by atoms with E-state index in [0.717, 1.165) is 30.0 Å². The number of morpholine rings is 1. The Hall–Kier alpha value is -3.12. The Morgan fingerprint density at radius 1 is 1.00 bits per heavy atom. The number of aromatic nitrogens is 1.